The fourth-order valence-corrected chi connectivity index (χ4v) is 1.12. The Morgan fingerprint density at radius 1 is 1.67 bits per heavy atom. The second kappa shape index (κ2) is 1.72. The first-order valence-corrected chi connectivity index (χ1v) is 3.10. The van der Waals surface area contributed by atoms with Crippen molar-refractivity contribution < 1.29 is 0 Å². The van der Waals surface area contributed by atoms with Crippen LogP contribution < -0.4 is 5.32 Å². The molecule has 46 valence electrons. The molecule has 0 saturated heterocycles. The number of rotatable bonds is 0. The molecule has 0 saturated carbocycles. The minimum atomic E-state index is 0.537. The highest BCUT2D eigenvalue weighted by Gasteiger charge is 2.15. The highest BCUT2D eigenvalue weighted by atomic mass is 14.9. The van der Waals surface area contributed by atoms with Crippen LogP contribution in [0.4, 0.5) is 0 Å². The van der Waals surface area contributed by atoms with Crippen molar-refractivity contribution in [1.29, 1.82) is 0 Å². The van der Waals surface area contributed by atoms with Crippen molar-refractivity contribution >= 4 is 6.21 Å². The van der Waals surface area contributed by atoms with Crippen LogP contribution in [0.2, 0.25) is 0 Å². The number of allylic oxidation sites excluding steroid dienone is 1. The molecule has 1 atom stereocenters. The third kappa shape index (κ3) is 0.669. The van der Waals surface area contributed by atoms with E-state index in [-0.39, 0.29) is 0 Å². The van der Waals surface area contributed by atoms with Crippen LogP contribution in [0, 0.1) is 5.92 Å². The molecule has 2 aliphatic heterocycles. The van der Waals surface area contributed by atoms with Crippen molar-refractivity contribution in [3.63, 3.8) is 0 Å². The summed E-state index contributed by atoms with van der Waals surface area (Å²) in [7, 11) is 0. The second-order valence-electron chi connectivity index (χ2n) is 2.27. The monoisotopic (exact) mass is 120 g/mol. The number of fused-ring (bicyclic) bond motifs is 1. The van der Waals surface area contributed by atoms with Gasteiger partial charge < -0.3 is 5.32 Å². The van der Waals surface area contributed by atoms with E-state index in [0.29, 0.717) is 5.92 Å². The Balaban J connectivity index is 2.33. The zero-order valence-corrected chi connectivity index (χ0v) is 5.04. The summed E-state index contributed by atoms with van der Waals surface area (Å²) in [6, 6.07) is 0. The Bertz CT molecular complexity index is 198. The molecule has 0 aromatic carbocycles. The van der Waals surface area contributed by atoms with Crippen LogP contribution in [0.1, 0.15) is 0 Å². The summed E-state index contributed by atoms with van der Waals surface area (Å²) in [5, 5.41) is 3.16. The van der Waals surface area contributed by atoms with E-state index in [2.05, 4.69) is 10.3 Å². The number of hydrogen-bond donors (Lipinski definition) is 1. The van der Waals surface area contributed by atoms with Gasteiger partial charge in [-0.3, -0.25) is 4.99 Å². The third-order valence-electron chi connectivity index (χ3n) is 1.65. The van der Waals surface area contributed by atoms with E-state index in [1.165, 1.54) is 5.57 Å². The average molecular weight is 120 g/mol. The molecule has 0 spiro atoms. The summed E-state index contributed by atoms with van der Waals surface area (Å²) >= 11 is 0. The smallest absolute Gasteiger partial charge is 0.0381 e. The Hall–Kier alpha value is -1.05. The maximum absolute atomic E-state index is 4.03. The zero-order chi connectivity index (χ0) is 6.10. The molecular formula is C7H8N2. The van der Waals surface area contributed by atoms with E-state index in [1.54, 1.807) is 0 Å². The van der Waals surface area contributed by atoms with Gasteiger partial charge in [-0.05, 0) is 11.6 Å². The lowest BCUT2D eigenvalue weighted by atomic mass is 10.0. The Labute approximate surface area is 54.0 Å². The molecule has 9 heavy (non-hydrogen) atoms. The molecular weight excluding hydrogens is 112 g/mol. The largest absolute Gasteiger partial charge is 0.390 e. The molecule has 2 aliphatic rings. The van der Waals surface area contributed by atoms with Gasteiger partial charge in [0, 0.05) is 31.1 Å². The summed E-state index contributed by atoms with van der Waals surface area (Å²) in [6.45, 7) is 1.02. The lowest BCUT2D eigenvalue weighted by molar-refractivity contribution is 0.816. The quantitative estimate of drug-likeness (QED) is 0.499. The summed E-state index contributed by atoms with van der Waals surface area (Å²) in [5.74, 6) is 0.537. The molecule has 0 bridgehead atoms. The van der Waals surface area contributed by atoms with Crippen molar-refractivity contribution in [2.45, 2.75) is 0 Å². The van der Waals surface area contributed by atoms with Crippen molar-refractivity contribution in [3.05, 3.63) is 24.0 Å². The van der Waals surface area contributed by atoms with Crippen LogP contribution in [-0.4, -0.2) is 12.8 Å². The molecule has 2 heterocycles. The first-order valence-electron chi connectivity index (χ1n) is 3.10. The maximum Gasteiger partial charge on any atom is 0.0381 e. The molecule has 0 aromatic heterocycles. The minimum absolute atomic E-state index is 0.537. The highest BCUT2D eigenvalue weighted by molar-refractivity contribution is 5.70. The fraction of sp³-hybridized carbons (Fsp3) is 0.286. The van der Waals surface area contributed by atoms with Gasteiger partial charge in [0.1, 0.15) is 0 Å². The van der Waals surface area contributed by atoms with E-state index in [0.717, 1.165) is 6.54 Å². The highest BCUT2D eigenvalue weighted by Crippen LogP contribution is 2.16. The molecule has 0 amide bonds. The number of aliphatic imine (C=N–C) groups is 1. The van der Waals surface area contributed by atoms with E-state index in [1.807, 2.05) is 24.7 Å². The van der Waals surface area contributed by atoms with Gasteiger partial charge >= 0.3 is 0 Å². The van der Waals surface area contributed by atoms with Gasteiger partial charge in [-0.1, -0.05) is 0 Å². The van der Waals surface area contributed by atoms with E-state index in [4.69, 9.17) is 0 Å². The van der Waals surface area contributed by atoms with E-state index >= 15 is 0 Å². The Morgan fingerprint density at radius 2 is 2.67 bits per heavy atom. The first-order chi connectivity index (χ1) is 4.47. The lowest BCUT2D eigenvalue weighted by Crippen LogP contribution is -2.12. The molecule has 0 fully saturated rings. The van der Waals surface area contributed by atoms with Crippen LogP contribution in [0.15, 0.2) is 29.0 Å². The molecule has 2 nitrogen and oxygen atoms in total. The predicted molar refractivity (Wildman–Crippen MR) is 37.2 cm³/mol. The lowest BCUT2D eigenvalue weighted by Gasteiger charge is -2.05. The summed E-state index contributed by atoms with van der Waals surface area (Å²) in [4.78, 5) is 4.03. The van der Waals surface area contributed by atoms with Gasteiger partial charge in [-0.25, -0.2) is 0 Å². The first kappa shape index (κ1) is 4.79. The van der Waals surface area contributed by atoms with Gasteiger partial charge in [0.25, 0.3) is 0 Å². The normalized spacial score (nSPS) is 29.3. The van der Waals surface area contributed by atoms with Gasteiger partial charge in [-0.15, -0.1) is 0 Å². The molecule has 1 unspecified atom stereocenters. The third-order valence-corrected chi connectivity index (χ3v) is 1.65. The molecule has 0 radical (unpaired) electrons. The molecule has 1 N–H and O–H groups in total. The summed E-state index contributed by atoms with van der Waals surface area (Å²) in [6.07, 6.45) is 7.90. The zero-order valence-electron chi connectivity index (χ0n) is 5.04. The minimum Gasteiger partial charge on any atom is -0.390 e. The van der Waals surface area contributed by atoms with Crippen molar-refractivity contribution in [2.24, 2.45) is 10.9 Å². The molecule has 0 aromatic rings. The number of nitrogens with zero attached hydrogens (tertiary/aromatic N) is 1. The number of nitrogens with one attached hydrogen (secondary N) is 1. The van der Waals surface area contributed by atoms with Gasteiger partial charge in [0.2, 0.25) is 0 Å². The summed E-state index contributed by atoms with van der Waals surface area (Å²) in [5.41, 5.74) is 1.35. The van der Waals surface area contributed by atoms with Crippen molar-refractivity contribution in [3.8, 4) is 0 Å². The Morgan fingerprint density at radius 3 is 3.56 bits per heavy atom. The maximum atomic E-state index is 4.03. The van der Waals surface area contributed by atoms with Gasteiger partial charge in [0.05, 0.1) is 0 Å². The van der Waals surface area contributed by atoms with Crippen LogP contribution in [0.3, 0.4) is 0 Å². The predicted octanol–water partition coefficient (Wildman–Crippen LogP) is 0.688. The van der Waals surface area contributed by atoms with Crippen LogP contribution in [-0.2, 0) is 0 Å². The number of hydrogen-bond acceptors (Lipinski definition) is 2. The SMILES string of the molecule is C1=CC2=CNCC2C=N1. The van der Waals surface area contributed by atoms with Crippen molar-refractivity contribution in [1.82, 2.24) is 5.32 Å². The molecule has 2 rings (SSSR count). The van der Waals surface area contributed by atoms with Gasteiger partial charge in [0.15, 0.2) is 0 Å². The van der Waals surface area contributed by atoms with Crippen molar-refractivity contribution in [2.75, 3.05) is 6.54 Å². The van der Waals surface area contributed by atoms with Crippen LogP contribution in [0.5, 0.6) is 0 Å². The fourth-order valence-electron chi connectivity index (χ4n) is 1.12. The average Bonchev–Trinajstić information content (AvgIpc) is 2.33. The molecule has 2 heteroatoms. The summed E-state index contributed by atoms with van der Waals surface area (Å²) < 4.78 is 0. The Kier molecular flexibility index (Phi) is 0.918. The second-order valence-corrected chi connectivity index (χ2v) is 2.27. The molecule has 0 aliphatic carbocycles. The van der Waals surface area contributed by atoms with E-state index in [9.17, 15) is 0 Å². The van der Waals surface area contributed by atoms with Gasteiger partial charge in [-0.2, -0.15) is 0 Å². The van der Waals surface area contributed by atoms with Crippen LogP contribution in [0.25, 0.3) is 0 Å². The topological polar surface area (TPSA) is 24.4 Å². The van der Waals surface area contributed by atoms with Crippen LogP contribution >= 0.6 is 0 Å². The standard InChI is InChI=1S/C7H8N2/c1-2-8-4-7-5-9-3-6(1)7/h1-4,7,9H,5H2. The van der Waals surface area contributed by atoms with E-state index < -0.39 is 0 Å².